The van der Waals surface area contributed by atoms with Crippen LogP contribution >= 0.6 is 0 Å². The smallest absolute Gasteiger partial charge is 0.266 e. The zero-order chi connectivity index (χ0) is 22.3. The van der Waals surface area contributed by atoms with Gasteiger partial charge in [-0.05, 0) is 55.3 Å². The van der Waals surface area contributed by atoms with E-state index in [1.54, 1.807) is 49.4 Å². The van der Waals surface area contributed by atoms with E-state index in [4.69, 9.17) is 4.74 Å². The second kappa shape index (κ2) is 10.1. The van der Waals surface area contributed by atoms with Gasteiger partial charge >= 0.3 is 0 Å². The van der Waals surface area contributed by atoms with Gasteiger partial charge in [0.15, 0.2) is 6.61 Å². The highest BCUT2D eigenvalue weighted by Crippen LogP contribution is 2.28. The van der Waals surface area contributed by atoms with Gasteiger partial charge in [0.25, 0.3) is 15.9 Å². The largest absolute Gasteiger partial charge is 0.484 e. The molecule has 6 nitrogen and oxygen atoms in total. The molecular weight excluding hydrogens is 412 g/mol. The Labute approximate surface area is 183 Å². The predicted octanol–water partition coefficient (Wildman–Crippen LogP) is 4.48. The molecule has 0 fully saturated rings. The van der Waals surface area contributed by atoms with Crippen molar-refractivity contribution in [2.45, 2.75) is 25.2 Å². The lowest BCUT2D eigenvalue weighted by Crippen LogP contribution is -2.32. The summed E-state index contributed by atoms with van der Waals surface area (Å²) >= 11 is 0. The summed E-state index contributed by atoms with van der Waals surface area (Å²) in [6, 6.07) is 22.7. The van der Waals surface area contributed by atoms with Crippen molar-refractivity contribution in [2.24, 2.45) is 0 Å². The normalized spacial score (nSPS) is 11.0. The van der Waals surface area contributed by atoms with Crippen molar-refractivity contribution >= 4 is 27.3 Å². The number of hydrogen-bond acceptors (Lipinski definition) is 4. The summed E-state index contributed by atoms with van der Waals surface area (Å²) in [5, 5.41) is 2.67. The molecule has 162 valence electrons. The molecule has 1 N–H and O–H groups in total. The van der Waals surface area contributed by atoms with Crippen LogP contribution in [0.4, 0.5) is 11.4 Å². The first-order chi connectivity index (χ1) is 15.0. The number of hydrogen-bond donors (Lipinski definition) is 1. The minimum atomic E-state index is -3.88. The number of nitrogens with one attached hydrogen (secondary N) is 1. The molecule has 3 aromatic rings. The minimum absolute atomic E-state index is 0.0290. The fourth-order valence-electron chi connectivity index (χ4n) is 3.16. The van der Waals surface area contributed by atoms with Crippen molar-refractivity contribution in [1.29, 1.82) is 0 Å². The number of nitrogens with zero attached hydrogens (tertiary/aromatic N) is 1. The maximum absolute atomic E-state index is 13.3. The van der Waals surface area contributed by atoms with Crippen LogP contribution in [-0.2, 0) is 21.2 Å². The van der Waals surface area contributed by atoms with Crippen LogP contribution in [0, 0.1) is 0 Å². The SMILES string of the molecule is CCc1ccc(OCC(=O)Nc2ccccc2S(=O)(=O)N(CC)c2ccccc2)cc1. The molecule has 0 aliphatic rings. The zero-order valence-electron chi connectivity index (χ0n) is 17.6. The summed E-state index contributed by atoms with van der Waals surface area (Å²) in [5.74, 6) is 0.138. The number of rotatable bonds is 9. The monoisotopic (exact) mass is 438 g/mol. The molecule has 0 aliphatic heterocycles. The fourth-order valence-corrected chi connectivity index (χ4v) is 4.78. The zero-order valence-corrected chi connectivity index (χ0v) is 18.4. The number of aryl methyl sites for hydroxylation is 1. The molecule has 1 amide bonds. The van der Waals surface area contributed by atoms with Gasteiger partial charge in [0.2, 0.25) is 0 Å². The Balaban J connectivity index is 1.76. The second-order valence-corrected chi connectivity index (χ2v) is 8.67. The lowest BCUT2D eigenvalue weighted by Gasteiger charge is -2.24. The third-order valence-electron chi connectivity index (χ3n) is 4.76. The molecule has 3 rings (SSSR count). The first kappa shape index (κ1) is 22.4. The first-order valence-electron chi connectivity index (χ1n) is 10.1. The quantitative estimate of drug-likeness (QED) is 0.534. The van der Waals surface area contributed by atoms with Gasteiger partial charge in [0.1, 0.15) is 10.6 Å². The van der Waals surface area contributed by atoms with Crippen molar-refractivity contribution < 1.29 is 17.9 Å². The van der Waals surface area contributed by atoms with E-state index in [1.165, 1.54) is 15.9 Å². The van der Waals surface area contributed by atoms with E-state index in [-0.39, 0.29) is 23.7 Å². The summed E-state index contributed by atoms with van der Waals surface area (Å²) in [4.78, 5) is 12.5. The molecule has 0 aliphatic carbocycles. The van der Waals surface area contributed by atoms with Gasteiger partial charge in [-0.1, -0.05) is 49.4 Å². The van der Waals surface area contributed by atoms with Crippen LogP contribution < -0.4 is 14.4 Å². The minimum Gasteiger partial charge on any atom is -0.484 e. The average Bonchev–Trinajstić information content (AvgIpc) is 2.79. The van der Waals surface area contributed by atoms with E-state index < -0.39 is 15.9 Å². The average molecular weight is 439 g/mol. The molecule has 31 heavy (non-hydrogen) atoms. The Morgan fingerprint density at radius 3 is 2.19 bits per heavy atom. The highest BCUT2D eigenvalue weighted by molar-refractivity contribution is 7.93. The van der Waals surface area contributed by atoms with Crippen LogP contribution in [0.3, 0.4) is 0 Å². The van der Waals surface area contributed by atoms with Gasteiger partial charge < -0.3 is 10.1 Å². The lowest BCUT2D eigenvalue weighted by atomic mass is 10.2. The maximum atomic E-state index is 13.3. The number of para-hydroxylation sites is 2. The van der Waals surface area contributed by atoms with Crippen LogP contribution in [0.2, 0.25) is 0 Å². The molecule has 0 aromatic heterocycles. The van der Waals surface area contributed by atoms with E-state index >= 15 is 0 Å². The number of anilines is 2. The molecule has 0 heterocycles. The Kier molecular flexibility index (Phi) is 7.31. The number of ether oxygens (including phenoxy) is 1. The summed E-state index contributed by atoms with van der Waals surface area (Å²) in [6.45, 7) is 3.86. The maximum Gasteiger partial charge on any atom is 0.266 e. The van der Waals surface area contributed by atoms with Crippen LogP contribution in [0.5, 0.6) is 5.75 Å². The van der Waals surface area contributed by atoms with Gasteiger partial charge in [-0.3, -0.25) is 9.10 Å². The van der Waals surface area contributed by atoms with Crippen molar-refractivity contribution in [3.63, 3.8) is 0 Å². The Morgan fingerprint density at radius 2 is 1.55 bits per heavy atom. The molecule has 0 spiro atoms. The molecule has 0 radical (unpaired) electrons. The summed E-state index contributed by atoms with van der Waals surface area (Å²) in [7, 11) is -3.88. The van der Waals surface area contributed by atoms with E-state index in [0.29, 0.717) is 11.4 Å². The number of benzene rings is 3. The Bertz CT molecular complexity index is 1110. The lowest BCUT2D eigenvalue weighted by molar-refractivity contribution is -0.118. The predicted molar refractivity (Wildman–Crippen MR) is 123 cm³/mol. The van der Waals surface area contributed by atoms with Crippen LogP contribution in [0.25, 0.3) is 0 Å². The molecular formula is C24H26N2O4S. The van der Waals surface area contributed by atoms with Gasteiger partial charge in [0.05, 0.1) is 11.4 Å². The van der Waals surface area contributed by atoms with Crippen LogP contribution in [0.15, 0.2) is 83.8 Å². The van der Waals surface area contributed by atoms with Crippen molar-refractivity contribution in [3.8, 4) is 5.75 Å². The second-order valence-electron chi connectivity index (χ2n) is 6.84. The number of amides is 1. The summed E-state index contributed by atoms with van der Waals surface area (Å²) in [6.07, 6.45) is 0.920. The van der Waals surface area contributed by atoms with Crippen LogP contribution in [0.1, 0.15) is 19.4 Å². The topological polar surface area (TPSA) is 75.7 Å². The van der Waals surface area contributed by atoms with E-state index in [2.05, 4.69) is 12.2 Å². The molecule has 0 bridgehead atoms. The fraction of sp³-hybridized carbons (Fsp3) is 0.208. The van der Waals surface area contributed by atoms with E-state index in [9.17, 15) is 13.2 Å². The summed E-state index contributed by atoms with van der Waals surface area (Å²) in [5.41, 5.74) is 1.95. The van der Waals surface area contributed by atoms with E-state index in [1.807, 2.05) is 30.3 Å². The van der Waals surface area contributed by atoms with Gasteiger partial charge in [0, 0.05) is 6.54 Å². The molecule has 0 saturated heterocycles. The Morgan fingerprint density at radius 1 is 0.903 bits per heavy atom. The number of sulfonamides is 1. The highest BCUT2D eigenvalue weighted by atomic mass is 32.2. The van der Waals surface area contributed by atoms with Gasteiger partial charge in [-0.25, -0.2) is 8.42 Å². The van der Waals surface area contributed by atoms with Crippen molar-refractivity contribution in [3.05, 3.63) is 84.4 Å². The molecule has 0 unspecified atom stereocenters. The van der Waals surface area contributed by atoms with Gasteiger partial charge in [-0.2, -0.15) is 0 Å². The number of carbonyl (C=O) groups excluding carboxylic acids is 1. The third-order valence-corrected chi connectivity index (χ3v) is 6.72. The van der Waals surface area contributed by atoms with Crippen molar-refractivity contribution in [2.75, 3.05) is 22.8 Å². The van der Waals surface area contributed by atoms with Crippen LogP contribution in [-0.4, -0.2) is 27.5 Å². The Hall–Kier alpha value is -3.32. The molecule has 0 saturated carbocycles. The molecule has 0 atom stereocenters. The first-order valence-corrected chi connectivity index (χ1v) is 11.6. The van der Waals surface area contributed by atoms with Crippen molar-refractivity contribution in [1.82, 2.24) is 0 Å². The molecule has 7 heteroatoms. The third kappa shape index (κ3) is 5.44. The van der Waals surface area contributed by atoms with Gasteiger partial charge in [-0.15, -0.1) is 0 Å². The summed E-state index contributed by atoms with van der Waals surface area (Å²) < 4.78 is 33.5. The number of carbonyl (C=O) groups is 1. The highest BCUT2D eigenvalue weighted by Gasteiger charge is 2.26. The molecule has 3 aromatic carbocycles. The standard InChI is InChI=1S/C24H26N2O4S/c1-3-19-14-16-21(17-15-19)30-18-24(27)25-22-12-8-9-13-23(22)31(28,29)26(4-2)20-10-6-5-7-11-20/h5-17H,3-4,18H2,1-2H3,(H,25,27). The van der Waals surface area contributed by atoms with E-state index in [0.717, 1.165) is 6.42 Å².